The SMILES string of the molecule is Cc1ccc(C)c(NC(=O)Cc2nc(COC(=O)c3ccc(NC(=O)C4CC4)cc3)cs2)c1. The van der Waals surface area contributed by atoms with Gasteiger partial charge in [-0.1, -0.05) is 12.1 Å². The van der Waals surface area contributed by atoms with Crippen LogP contribution in [0, 0.1) is 19.8 Å². The summed E-state index contributed by atoms with van der Waals surface area (Å²) in [6.07, 6.45) is 2.03. The van der Waals surface area contributed by atoms with Crippen LogP contribution in [0.4, 0.5) is 11.4 Å². The lowest BCUT2D eigenvalue weighted by molar-refractivity contribution is -0.117. The van der Waals surface area contributed by atoms with Crippen LogP contribution < -0.4 is 10.6 Å². The number of nitrogens with one attached hydrogen (secondary N) is 2. The summed E-state index contributed by atoms with van der Waals surface area (Å²) in [5, 5.41) is 8.19. The number of hydrogen-bond acceptors (Lipinski definition) is 6. The summed E-state index contributed by atoms with van der Waals surface area (Å²) in [4.78, 5) is 40.9. The number of thiazole rings is 1. The van der Waals surface area contributed by atoms with Gasteiger partial charge in [-0.15, -0.1) is 11.3 Å². The lowest BCUT2D eigenvalue weighted by Gasteiger charge is -2.08. The average molecular weight is 464 g/mol. The molecule has 4 rings (SSSR count). The summed E-state index contributed by atoms with van der Waals surface area (Å²) in [6.45, 7) is 3.95. The van der Waals surface area contributed by atoms with E-state index in [0.717, 1.165) is 29.7 Å². The molecule has 0 radical (unpaired) electrons. The van der Waals surface area contributed by atoms with E-state index < -0.39 is 5.97 Å². The molecule has 0 saturated heterocycles. The van der Waals surface area contributed by atoms with Gasteiger partial charge in [-0.05, 0) is 68.1 Å². The molecule has 0 spiro atoms. The topological polar surface area (TPSA) is 97.4 Å². The van der Waals surface area contributed by atoms with Gasteiger partial charge in [0.1, 0.15) is 11.6 Å². The fourth-order valence-electron chi connectivity index (χ4n) is 3.20. The Kier molecular flexibility index (Phi) is 6.84. The predicted molar refractivity (Wildman–Crippen MR) is 127 cm³/mol. The minimum atomic E-state index is -0.475. The summed E-state index contributed by atoms with van der Waals surface area (Å²) >= 11 is 1.35. The van der Waals surface area contributed by atoms with Gasteiger partial charge in [-0.2, -0.15) is 0 Å². The number of ether oxygens (including phenoxy) is 1. The maximum Gasteiger partial charge on any atom is 0.338 e. The van der Waals surface area contributed by atoms with Crippen molar-refractivity contribution in [1.29, 1.82) is 0 Å². The first kappa shape index (κ1) is 22.7. The van der Waals surface area contributed by atoms with E-state index in [1.54, 1.807) is 29.6 Å². The van der Waals surface area contributed by atoms with E-state index in [2.05, 4.69) is 15.6 Å². The van der Waals surface area contributed by atoms with Crippen LogP contribution in [0.5, 0.6) is 0 Å². The van der Waals surface area contributed by atoms with Gasteiger partial charge >= 0.3 is 5.97 Å². The molecule has 2 amide bonds. The zero-order valence-electron chi connectivity index (χ0n) is 18.5. The highest BCUT2D eigenvalue weighted by atomic mass is 32.1. The molecule has 8 heteroatoms. The number of amides is 2. The molecule has 0 unspecified atom stereocenters. The van der Waals surface area contributed by atoms with E-state index in [4.69, 9.17) is 4.74 Å². The normalized spacial score (nSPS) is 12.8. The highest BCUT2D eigenvalue weighted by Crippen LogP contribution is 2.30. The molecule has 1 aliphatic rings. The molecule has 2 aromatic carbocycles. The highest BCUT2D eigenvalue weighted by molar-refractivity contribution is 7.09. The van der Waals surface area contributed by atoms with Gasteiger partial charge in [-0.3, -0.25) is 9.59 Å². The fourth-order valence-corrected chi connectivity index (χ4v) is 3.98. The first-order chi connectivity index (χ1) is 15.9. The summed E-state index contributed by atoms with van der Waals surface area (Å²) < 4.78 is 5.34. The van der Waals surface area contributed by atoms with Crippen molar-refractivity contribution in [1.82, 2.24) is 4.98 Å². The molecule has 1 saturated carbocycles. The average Bonchev–Trinajstić information content (AvgIpc) is 3.55. The second kappa shape index (κ2) is 9.95. The summed E-state index contributed by atoms with van der Waals surface area (Å²) in [5.74, 6) is -0.476. The Morgan fingerprint density at radius 3 is 2.55 bits per heavy atom. The van der Waals surface area contributed by atoms with Crippen LogP contribution in [0.25, 0.3) is 0 Å². The third-order valence-electron chi connectivity index (χ3n) is 5.27. The Bertz CT molecular complexity index is 1180. The number of benzene rings is 2. The van der Waals surface area contributed by atoms with E-state index >= 15 is 0 Å². The van der Waals surface area contributed by atoms with Crippen molar-refractivity contribution >= 4 is 40.5 Å². The van der Waals surface area contributed by atoms with Gasteiger partial charge in [0, 0.05) is 22.7 Å². The monoisotopic (exact) mass is 463 g/mol. The van der Waals surface area contributed by atoms with E-state index in [1.165, 1.54) is 11.3 Å². The molecule has 33 heavy (non-hydrogen) atoms. The third kappa shape index (κ3) is 6.26. The maximum absolute atomic E-state index is 12.4. The van der Waals surface area contributed by atoms with Gasteiger partial charge in [0.05, 0.1) is 17.7 Å². The number of carbonyl (C=O) groups is 3. The molecule has 7 nitrogen and oxygen atoms in total. The molecular weight excluding hydrogens is 438 g/mol. The van der Waals surface area contributed by atoms with Gasteiger partial charge in [0.2, 0.25) is 11.8 Å². The van der Waals surface area contributed by atoms with Crippen LogP contribution in [0.2, 0.25) is 0 Å². The van der Waals surface area contributed by atoms with Crippen LogP contribution >= 0.6 is 11.3 Å². The molecule has 0 aliphatic heterocycles. The van der Waals surface area contributed by atoms with E-state index in [1.807, 2.05) is 32.0 Å². The van der Waals surface area contributed by atoms with Crippen LogP contribution in [0.15, 0.2) is 47.8 Å². The molecular formula is C25H25N3O4S. The third-order valence-corrected chi connectivity index (χ3v) is 6.16. The number of nitrogens with zero attached hydrogens (tertiary/aromatic N) is 1. The van der Waals surface area contributed by atoms with Gasteiger partial charge < -0.3 is 15.4 Å². The largest absolute Gasteiger partial charge is 0.456 e. The first-order valence-electron chi connectivity index (χ1n) is 10.8. The van der Waals surface area contributed by atoms with E-state index in [9.17, 15) is 14.4 Å². The fraction of sp³-hybridized carbons (Fsp3) is 0.280. The second-order valence-electron chi connectivity index (χ2n) is 8.19. The molecule has 1 aliphatic carbocycles. The number of hydrogen-bond donors (Lipinski definition) is 2. The van der Waals surface area contributed by atoms with Crippen molar-refractivity contribution < 1.29 is 19.1 Å². The quantitative estimate of drug-likeness (QED) is 0.474. The second-order valence-corrected chi connectivity index (χ2v) is 9.14. The van der Waals surface area contributed by atoms with Gasteiger partial charge in [0.15, 0.2) is 0 Å². The maximum atomic E-state index is 12.4. The molecule has 2 N–H and O–H groups in total. The summed E-state index contributed by atoms with van der Waals surface area (Å²) in [5.41, 5.74) is 4.51. The number of rotatable bonds is 8. The molecule has 1 heterocycles. The number of anilines is 2. The smallest absolute Gasteiger partial charge is 0.338 e. The lowest BCUT2D eigenvalue weighted by Crippen LogP contribution is -2.15. The van der Waals surface area contributed by atoms with Crippen molar-refractivity contribution in [2.45, 2.75) is 39.7 Å². The van der Waals surface area contributed by atoms with E-state index in [0.29, 0.717) is 22.0 Å². The summed E-state index contributed by atoms with van der Waals surface area (Å²) in [6, 6.07) is 12.5. The van der Waals surface area contributed by atoms with Gasteiger partial charge in [-0.25, -0.2) is 9.78 Å². The summed E-state index contributed by atoms with van der Waals surface area (Å²) in [7, 11) is 0. The van der Waals surface area contributed by atoms with Crippen molar-refractivity contribution in [3.8, 4) is 0 Å². The number of aryl methyl sites for hydroxylation is 2. The van der Waals surface area contributed by atoms with Crippen molar-refractivity contribution in [3.05, 3.63) is 75.2 Å². The minimum absolute atomic E-state index is 0.0207. The van der Waals surface area contributed by atoms with Crippen molar-refractivity contribution in [3.63, 3.8) is 0 Å². The highest BCUT2D eigenvalue weighted by Gasteiger charge is 2.29. The molecule has 170 valence electrons. The van der Waals surface area contributed by atoms with Crippen LogP contribution in [-0.4, -0.2) is 22.8 Å². The predicted octanol–water partition coefficient (Wildman–Crippen LogP) is 4.65. The molecule has 1 fully saturated rings. The Balaban J connectivity index is 1.26. The number of esters is 1. The van der Waals surface area contributed by atoms with Crippen LogP contribution in [0.3, 0.4) is 0 Å². The standard InChI is InChI=1S/C25H25N3O4S/c1-15-3-4-16(2)21(11-15)28-22(29)12-23-26-20(14-33-23)13-32-25(31)18-7-9-19(10-8-18)27-24(30)17-5-6-17/h3-4,7-11,14,17H,5-6,12-13H2,1-2H3,(H,27,30)(H,28,29). The van der Waals surface area contributed by atoms with E-state index in [-0.39, 0.29) is 30.8 Å². The lowest BCUT2D eigenvalue weighted by atomic mass is 10.1. The zero-order valence-corrected chi connectivity index (χ0v) is 19.3. The zero-order chi connectivity index (χ0) is 23.4. The molecule has 1 aromatic heterocycles. The van der Waals surface area contributed by atoms with Crippen LogP contribution in [0.1, 0.15) is 45.0 Å². The van der Waals surface area contributed by atoms with Gasteiger partial charge in [0.25, 0.3) is 0 Å². The number of aromatic nitrogens is 1. The Morgan fingerprint density at radius 2 is 1.82 bits per heavy atom. The Hall–Kier alpha value is -3.52. The Morgan fingerprint density at radius 1 is 1.06 bits per heavy atom. The van der Waals surface area contributed by atoms with Crippen molar-refractivity contribution in [2.24, 2.45) is 5.92 Å². The molecule has 0 bridgehead atoms. The van der Waals surface area contributed by atoms with Crippen molar-refractivity contribution in [2.75, 3.05) is 10.6 Å². The number of carbonyl (C=O) groups excluding carboxylic acids is 3. The Labute approximate surface area is 196 Å². The molecule has 3 aromatic rings. The molecule has 0 atom stereocenters. The van der Waals surface area contributed by atoms with Crippen LogP contribution in [-0.2, 0) is 27.4 Å². The minimum Gasteiger partial charge on any atom is -0.456 e. The first-order valence-corrected chi connectivity index (χ1v) is 11.6.